The molecular formula is C15H16F3NO. The summed E-state index contributed by atoms with van der Waals surface area (Å²) < 4.78 is 44.2. The van der Waals surface area contributed by atoms with Crippen LogP contribution in [0, 0.1) is 0 Å². The fraction of sp³-hybridized carbons (Fsp3) is 0.333. The maximum Gasteiger partial charge on any atom is 0.407 e. The SMILES string of the molecule is CC(C)Oc1cc([C@H](N)C(F)(F)F)c2ccccc2c1. The van der Waals surface area contributed by atoms with E-state index in [1.165, 1.54) is 6.07 Å². The smallest absolute Gasteiger partial charge is 0.407 e. The zero-order valence-corrected chi connectivity index (χ0v) is 11.2. The summed E-state index contributed by atoms with van der Waals surface area (Å²) in [6, 6.07) is 7.91. The number of benzene rings is 2. The van der Waals surface area contributed by atoms with E-state index in [-0.39, 0.29) is 11.7 Å². The van der Waals surface area contributed by atoms with Gasteiger partial charge in [-0.2, -0.15) is 13.2 Å². The molecule has 0 aliphatic heterocycles. The van der Waals surface area contributed by atoms with Crippen molar-refractivity contribution in [2.75, 3.05) is 0 Å². The van der Waals surface area contributed by atoms with Crippen LogP contribution in [0.4, 0.5) is 13.2 Å². The summed E-state index contributed by atoms with van der Waals surface area (Å²) in [6.45, 7) is 3.64. The van der Waals surface area contributed by atoms with Crippen LogP contribution in [0.2, 0.25) is 0 Å². The first-order valence-electron chi connectivity index (χ1n) is 6.30. The van der Waals surface area contributed by atoms with Gasteiger partial charge in [0.25, 0.3) is 0 Å². The van der Waals surface area contributed by atoms with Crippen molar-refractivity contribution < 1.29 is 17.9 Å². The highest BCUT2D eigenvalue weighted by molar-refractivity contribution is 5.87. The standard InChI is InChI=1S/C15H16F3NO/c1-9(2)20-11-7-10-5-3-4-6-12(10)13(8-11)14(19)15(16,17)18/h3-9,14H,19H2,1-2H3/t14-/m0/s1. The minimum absolute atomic E-state index is 0.0336. The van der Waals surface area contributed by atoms with E-state index >= 15 is 0 Å². The first kappa shape index (κ1) is 14.7. The van der Waals surface area contributed by atoms with Crippen LogP contribution in [-0.2, 0) is 0 Å². The molecule has 0 aliphatic rings. The second-order valence-electron chi connectivity index (χ2n) is 4.92. The molecule has 0 aromatic heterocycles. The number of ether oxygens (including phenoxy) is 1. The highest BCUT2D eigenvalue weighted by atomic mass is 19.4. The molecule has 0 radical (unpaired) electrons. The van der Waals surface area contributed by atoms with E-state index in [0.29, 0.717) is 16.5 Å². The molecular weight excluding hydrogens is 267 g/mol. The normalized spacial score (nSPS) is 13.8. The maximum atomic E-state index is 12.9. The van der Waals surface area contributed by atoms with E-state index in [1.807, 2.05) is 13.8 Å². The van der Waals surface area contributed by atoms with Crippen molar-refractivity contribution in [3.63, 3.8) is 0 Å². The third kappa shape index (κ3) is 3.04. The molecule has 0 aliphatic carbocycles. The van der Waals surface area contributed by atoms with E-state index in [2.05, 4.69) is 0 Å². The average molecular weight is 283 g/mol. The predicted octanol–water partition coefficient (Wildman–Crippen LogP) is 4.19. The summed E-state index contributed by atoms with van der Waals surface area (Å²) >= 11 is 0. The van der Waals surface area contributed by atoms with Crippen molar-refractivity contribution in [2.45, 2.75) is 32.2 Å². The van der Waals surface area contributed by atoms with Gasteiger partial charge in [-0.3, -0.25) is 0 Å². The Balaban J connectivity index is 2.61. The Morgan fingerprint density at radius 2 is 1.75 bits per heavy atom. The summed E-state index contributed by atoms with van der Waals surface area (Å²) in [4.78, 5) is 0. The Morgan fingerprint density at radius 1 is 1.10 bits per heavy atom. The predicted molar refractivity (Wildman–Crippen MR) is 72.7 cm³/mol. The van der Waals surface area contributed by atoms with E-state index < -0.39 is 12.2 Å². The van der Waals surface area contributed by atoms with Crippen LogP contribution in [0.5, 0.6) is 5.75 Å². The van der Waals surface area contributed by atoms with Crippen molar-refractivity contribution >= 4 is 10.8 Å². The number of rotatable bonds is 3. The average Bonchev–Trinajstić information content (AvgIpc) is 2.35. The third-order valence-corrected chi connectivity index (χ3v) is 2.93. The number of hydrogen-bond acceptors (Lipinski definition) is 2. The highest BCUT2D eigenvalue weighted by Crippen LogP contribution is 2.36. The monoisotopic (exact) mass is 283 g/mol. The molecule has 2 nitrogen and oxygen atoms in total. The Kier molecular flexibility index (Phi) is 3.90. The van der Waals surface area contributed by atoms with Crippen LogP contribution < -0.4 is 10.5 Å². The summed E-state index contributed by atoms with van der Waals surface area (Å²) in [5.74, 6) is 0.397. The number of halogens is 3. The quantitative estimate of drug-likeness (QED) is 0.916. The van der Waals surface area contributed by atoms with Crippen molar-refractivity contribution in [2.24, 2.45) is 5.73 Å². The molecule has 2 aromatic carbocycles. The van der Waals surface area contributed by atoms with Gasteiger partial charge in [-0.15, -0.1) is 0 Å². The minimum atomic E-state index is -4.49. The van der Waals surface area contributed by atoms with Crippen molar-refractivity contribution in [3.05, 3.63) is 42.0 Å². The van der Waals surface area contributed by atoms with Crippen molar-refractivity contribution in [1.82, 2.24) is 0 Å². The molecule has 0 unspecified atom stereocenters. The summed E-state index contributed by atoms with van der Waals surface area (Å²) in [5, 5.41) is 1.17. The number of alkyl halides is 3. The van der Waals surface area contributed by atoms with E-state index in [4.69, 9.17) is 10.5 Å². The molecule has 0 bridgehead atoms. The van der Waals surface area contributed by atoms with Gasteiger partial charge in [0.1, 0.15) is 11.8 Å². The topological polar surface area (TPSA) is 35.2 Å². The van der Waals surface area contributed by atoms with E-state index in [1.54, 1.807) is 30.3 Å². The van der Waals surface area contributed by atoms with Crippen LogP contribution in [0.3, 0.4) is 0 Å². The van der Waals surface area contributed by atoms with Gasteiger partial charge in [-0.25, -0.2) is 0 Å². The van der Waals surface area contributed by atoms with Gasteiger partial charge in [-0.05, 0) is 42.3 Å². The first-order chi connectivity index (χ1) is 9.29. The first-order valence-corrected chi connectivity index (χ1v) is 6.30. The van der Waals surface area contributed by atoms with Crippen LogP contribution in [0.15, 0.2) is 36.4 Å². The van der Waals surface area contributed by atoms with Gasteiger partial charge in [0, 0.05) is 0 Å². The minimum Gasteiger partial charge on any atom is -0.491 e. The number of fused-ring (bicyclic) bond motifs is 1. The largest absolute Gasteiger partial charge is 0.491 e. The molecule has 108 valence electrons. The van der Waals surface area contributed by atoms with Crippen molar-refractivity contribution in [1.29, 1.82) is 0 Å². The molecule has 2 rings (SSSR count). The van der Waals surface area contributed by atoms with Gasteiger partial charge in [0.15, 0.2) is 0 Å². The van der Waals surface area contributed by atoms with Crippen molar-refractivity contribution in [3.8, 4) is 5.75 Å². The molecule has 0 heterocycles. The van der Waals surface area contributed by atoms with Gasteiger partial charge < -0.3 is 10.5 Å². The van der Waals surface area contributed by atoms with Crippen LogP contribution in [-0.4, -0.2) is 12.3 Å². The Labute approximate surface area is 115 Å². The summed E-state index contributed by atoms with van der Waals surface area (Å²) in [5.41, 5.74) is 5.39. The zero-order valence-electron chi connectivity index (χ0n) is 11.2. The molecule has 0 fully saturated rings. The summed E-state index contributed by atoms with van der Waals surface area (Å²) in [6.07, 6.45) is -4.61. The lowest BCUT2D eigenvalue weighted by atomic mass is 9.98. The highest BCUT2D eigenvalue weighted by Gasteiger charge is 2.38. The second-order valence-corrected chi connectivity index (χ2v) is 4.92. The van der Waals surface area contributed by atoms with E-state index in [9.17, 15) is 13.2 Å². The lowest BCUT2D eigenvalue weighted by Gasteiger charge is -2.20. The fourth-order valence-corrected chi connectivity index (χ4v) is 2.09. The van der Waals surface area contributed by atoms with Gasteiger partial charge in [0.05, 0.1) is 6.10 Å². The van der Waals surface area contributed by atoms with Gasteiger partial charge in [-0.1, -0.05) is 24.3 Å². The van der Waals surface area contributed by atoms with Gasteiger partial charge >= 0.3 is 6.18 Å². The van der Waals surface area contributed by atoms with Crippen LogP contribution in [0.1, 0.15) is 25.5 Å². The van der Waals surface area contributed by atoms with Gasteiger partial charge in [0.2, 0.25) is 0 Å². The fourth-order valence-electron chi connectivity index (χ4n) is 2.09. The number of hydrogen-bond donors (Lipinski definition) is 1. The Hall–Kier alpha value is -1.75. The second kappa shape index (κ2) is 5.32. The molecule has 1 atom stereocenters. The molecule has 0 amide bonds. The lowest BCUT2D eigenvalue weighted by molar-refractivity contribution is -0.148. The molecule has 20 heavy (non-hydrogen) atoms. The maximum absolute atomic E-state index is 12.9. The van der Waals surface area contributed by atoms with E-state index in [0.717, 1.165) is 0 Å². The molecule has 5 heteroatoms. The van der Waals surface area contributed by atoms with Crippen LogP contribution >= 0.6 is 0 Å². The molecule has 0 saturated carbocycles. The lowest BCUT2D eigenvalue weighted by Crippen LogP contribution is -2.28. The molecule has 2 aromatic rings. The molecule has 0 saturated heterocycles. The van der Waals surface area contributed by atoms with Crippen LogP contribution in [0.25, 0.3) is 10.8 Å². The third-order valence-electron chi connectivity index (χ3n) is 2.93. The summed E-state index contributed by atoms with van der Waals surface area (Å²) in [7, 11) is 0. The molecule has 0 spiro atoms. The Morgan fingerprint density at radius 3 is 2.35 bits per heavy atom. The molecule has 2 N–H and O–H groups in total. The number of nitrogens with two attached hydrogens (primary N) is 1. The zero-order chi connectivity index (χ0) is 14.9. The Bertz CT molecular complexity index is 608.